The van der Waals surface area contributed by atoms with E-state index in [1.165, 1.54) is 5.56 Å². The second-order valence-corrected chi connectivity index (χ2v) is 7.17. The Morgan fingerprint density at radius 2 is 1.78 bits per heavy atom. The average Bonchev–Trinajstić information content (AvgIpc) is 2.69. The van der Waals surface area contributed by atoms with Crippen LogP contribution in [0.15, 0.2) is 48.5 Å². The molecule has 1 saturated heterocycles. The lowest BCUT2D eigenvalue weighted by Gasteiger charge is -2.35. The van der Waals surface area contributed by atoms with Crippen molar-refractivity contribution in [3.05, 3.63) is 65.2 Å². The molecule has 1 aliphatic rings. The number of hydrogen-bond donors (Lipinski definition) is 1. The Hall–Kier alpha value is -2.39. The van der Waals surface area contributed by atoms with Crippen molar-refractivity contribution < 1.29 is 9.84 Å². The molecule has 3 rings (SSSR count). The summed E-state index contributed by atoms with van der Waals surface area (Å²) in [4.78, 5) is 4.70. The maximum absolute atomic E-state index is 10.3. The van der Waals surface area contributed by atoms with Crippen molar-refractivity contribution in [2.24, 2.45) is 0 Å². The summed E-state index contributed by atoms with van der Waals surface area (Å²) in [5.41, 5.74) is 3.08. The third kappa shape index (κ3) is 6.07. The zero-order valence-corrected chi connectivity index (χ0v) is 15.8. The standard InChI is InChI=1S/C22H27N3O2/c1-18-3-2-4-22(13-18)27-17-21(26)16-25-11-9-24(10-12-25)15-20-7-5-19(14-23)6-8-20/h2-8,13,21,26H,9-12,15-17H2,1H3. The van der Waals surface area contributed by atoms with Gasteiger partial charge in [-0.15, -0.1) is 0 Å². The van der Waals surface area contributed by atoms with Gasteiger partial charge in [0.05, 0.1) is 11.6 Å². The summed E-state index contributed by atoms with van der Waals surface area (Å²) in [6, 6.07) is 17.8. The summed E-state index contributed by atoms with van der Waals surface area (Å²) in [5, 5.41) is 19.1. The van der Waals surface area contributed by atoms with Gasteiger partial charge in [-0.2, -0.15) is 5.26 Å². The van der Waals surface area contributed by atoms with Gasteiger partial charge < -0.3 is 9.84 Å². The van der Waals surface area contributed by atoms with Crippen LogP contribution in [-0.2, 0) is 6.54 Å². The zero-order chi connectivity index (χ0) is 19.1. The van der Waals surface area contributed by atoms with E-state index in [-0.39, 0.29) is 0 Å². The van der Waals surface area contributed by atoms with E-state index in [4.69, 9.17) is 10.00 Å². The Labute approximate surface area is 161 Å². The SMILES string of the molecule is Cc1cccc(OCC(O)CN2CCN(Cc3ccc(C#N)cc3)CC2)c1. The highest BCUT2D eigenvalue weighted by Crippen LogP contribution is 2.13. The van der Waals surface area contributed by atoms with Crippen LogP contribution >= 0.6 is 0 Å². The van der Waals surface area contributed by atoms with E-state index >= 15 is 0 Å². The van der Waals surface area contributed by atoms with Crippen LogP contribution in [0.1, 0.15) is 16.7 Å². The molecular formula is C22H27N3O2. The number of aliphatic hydroxyl groups is 1. The van der Waals surface area contributed by atoms with Crippen LogP contribution in [0.2, 0.25) is 0 Å². The largest absolute Gasteiger partial charge is 0.491 e. The van der Waals surface area contributed by atoms with Crippen LogP contribution in [-0.4, -0.2) is 60.3 Å². The minimum atomic E-state index is -0.490. The van der Waals surface area contributed by atoms with Crippen LogP contribution < -0.4 is 4.74 Å². The highest BCUT2D eigenvalue weighted by molar-refractivity contribution is 5.31. The van der Waals surface area contributed by atoms with Crippen LogP contribution in [0.25, 0.3) is 0 Å². The summed E-state index contributed by atoms with van der Waals surface area (Å²) >= 11 is 0. The number of ether oxygens (including phenoxy) is 1. The second kappa shape index (κ2) is 9.52. The van der Waals surface area contributed by atoms with Gasteiger partial charge in [-0.05, 0) is 42.3 Å². The van der Waals surface area contributed by atoms with Gasteiger partial charge in [-0.25, -0.2) is 0 Å². The van der Waals surface area contributed by atoms with E-state index in [9.17, 15) is 5.11 Å². The molecule has 142 valence electrons. The molecule has 0 spiro atoms. The van der Waals surface area contributed by atoms with Crippen LogP contribution in [0, 0.1) is 18.3 Å². The summed E-state index contributed by atoms with van der Waals surface area (Å²) in [6.45, 7) is 7.72. The van der Waals surface area contributed by atoms with Gasteiger partial charge in [0.25, 0.3) is 0 Å². The maximum atomic E-state index is 10.3. The van der Waals surface area contributed by atoms with Gasteiger partial charge in [-0.1, -0.05) is 24.3 Å². The number of benzene rings is 2. The Morgan fingerprint density at radius 1 is 1.07 bits per heavy atom. The quantitative estimate of drug-likeness (QED) is 0.817. The predicted octanol–water partition coefficient (Wildman–Crippen LogP) is 2.42. The van der Waals surface area contributed by atoms with Crippen molar-refractivity contribution in [3.63, 3.8) is 0 Å². The molecule has 0 aromatic heterocycles. The Kier molecular flexibility index (Phi) is 6.83. The molecule has 5 nitrogen and oxygen atoms in total. The molecule has 1 heterocycles. The normalized spacial score (nSPS) is 16.6. The Balaban J connectivity index is 1.37. The number of hydrogen-bond acceptors (Lipinski definition) is 5. The first-order chi connectivity index (χ1) is 13.1. The monoisotopic (exact) mass is 365 g/mol. The van der Waals surface area contributed by atoms with Crippen molar-refractivity contribution in [2.45, 2.75) is 19.6 Å². The molecule has 1 aliphatic heterocycles. The summed E-state index contributed by atoms with van der Waals surface area (Å²) < 4.78 is 5.70. The lowest BCUT2D eigenvalue weighted by molar-refractivity contribution is 0.0446. The molecule has 0 bridgehead atoms. The van der Waals surface area contributed by atoms with Gasteiger partial charge in [0.1, 0.15) is 18.5 Å². The number of nitrogens with zero attached hydrogens (tertiary/aromatic N) is 3. The minimum absolute atomic E-state index is 0.314. The molecular weight excluding hydrogens is 338 g/mol. The number of aryl methyl sites for hydroxylation is 1. The van der Waals surface area contributed by atoms with Crippen molar-refractivity contribution in [2.75, 3.05) is 39.3 Å². The zero-order valence-electron chi connectivity index (χ0n) is 15.8. The first kappa shape index (κ1) is 19.4. The smallest absolute Gasteiger partial charge is 0.119 e. The van der Waals surface area contributed by atoms with Crippen molar-refractivity contribution in [1.29, 1.82) is 5.26 Å². The first-order valence-electron chi connectivity index (χ1n) is 9.43. The molecule has 5 heteroatoms. The minimum Gasteiger partial charge on any atom is -0.491 e. The third-order valence-corrected chi connectivity index (χ3v) is 4.86. The van der Waals surface area contributed by atoms with E-state index in [0.717, 1.165) is 44.0 Å². The molecule has 1 atom stereocenters. The molecule has 1 unspecified atom stereocenters. The predicted molar refractivity (Wildman–Crippen MR) is 106 cm³/mol. The number of nitriles is 1. The molecule has 0 saturated carbocycles. The fourth-order valence-corrected chi connectivity index (χ4v) is 3.32. The molecule has 0 aliphatic carbocycles. The van der Waals surface area contributed by atoms with E-state index in [0.29, 0.717) is 18.7 Å². The van der Waals surface area contributed by atoms with E-state index in [1.807, 2.05) is 55.5 Å². The fourth-order valence-electron chi connectivity index (χ4n) is 3.32. The van der Waals surface area contributed by atoms with E-state index < -0.39 is 6.10 Å². The first-order valence-corrected chi connectivity index (χ1v) is 9.43. The molecule has 2 aromatic carbocycles. The number of aliphatic hydroxyl groups excluding tert-OH is 1. The molecule has 27 heavy (non-hydrogen) atoms. The maximum Gasteiger partial charge on any atom is 0.119 e. The number of β-amino-alcohol motifs (C(OH)–C–C–N with tert-alkyl or cyclic N) is 1. The summed E-state index contributed by atoms with van der Waals surface area (Å²) in [6.07, 6.45) is -0.490. The molecule has 0 amide bonds. The van der Waals surface area contributed by atoms with E-state index in [2.05, 4.69) is 15.9 Å². The van der Waals surface area contributed by atoms with E-state index in [1.54, 1.807) is 0 Å². The van der Waals surface area contributed by atoms with Crippen LogP contribution in [0.3, 0.4) is 0 Å². The van der Waals surface area contributed by atoms with Gasteiger partial charge in [0, 0.05) is 39.3 Å². The summed E-state index contributed by atoms with van der Waals surface area (Å²) in [7, 11) is 0. The number of piperazine rings is 1. The molecule has 2 aromatic rings. The third-order valence-electron chi connectivity index (χ3n) is 4.86. The van der Waals surface area contributed by atoms with Crippen molar-refractivity contribution in [1.82, 2.24) is 9.80 Å². The second-order valence-electron chi connectivity index (χ2n) is 7.17. The number of rotatable bonds is 7. The van der Waals surface area contributed by atoms with Gasteiger partial charge in [0.15, 0.2) is 0 Å². The fraction of sp³-hybridized carbons (Fsp3) is 0.409. The highest BCUT2D eigenvalue weighted by atomic mass is 16.5. The topological polar surface area (TPSA) is 59.7 Å². The lowest BCUT2D eigenvalue weighted by atomic mass is 10.1. The summed E-state index contributed by atoms with van der Waals surface area (Å²) in [5.74, 6) is 0.807. The lowest BCUT2D eigenvalue weighted by Crippen LogP contribution is -2.48. The van der Waals surface area contributed by atoms with Crippen molar-refractivity contribution >= 4 is 0 Å². The van der Waals surface area contributed by atoms with Crippen molar-refractivity contribution in [3.8, 4) is 11.8 Å². The van der Waals surface area contributed by atoms with Gasteiger partial charge >= 0.3 is 0 Å². The van der Waals surface area contributed by atoms with Crippen LogP contribution in [0.5, 0.6) is 5.75 Å². The Bertz CT molecular complexity index is 762. The Morgan fingerprint density at radius 3 is 2.44 bits per heavy atom. The average molecular weight is 365 g/mol. The van der Waals surface area contributed by atoms with Gasteiger partial charge in [0.2, 0.25) is 0 Å². The molecule has 1 N–H and O–H groups in total. The van der Waals surface area contributed by atoms with Gasteiger partial charge in [-0.3, -0.25) is 9.80 Å². The molecule has 0 radical (unpaired) electrons. The molecule has 1 fully saturated rings. The van der Waals surface area contributed by atoms with Crippen LogP contribution in [0.4, 0.5) is 0 Å². The highest BCUT2D eigenvalue weighted by Gasteiger charge is 2.19.